The van der Waals surface area contributed by atoms with Crippen molar-refractivity contribution in [3.63, 3.8) is 0 Å². The van der Waals surface area contributed by atoms with Crippen LogP contribution in [0.2, 0.25) is 0 Å². The Morgan fingerprint density at radius 2 is 1.80 bits per heavy atom. The number of nitrogens with zero attached hydrogens (tertiary/aromatic N) is 1. The number of benzene rings is 1. The first kappa shape index (κ1) is 14.5. The van der Waals surface area contributed by atoms with Crippen molar-refractivity contribution in [3.8, 4) is 0 Å². The van der Waals surface area contributed by atoms with Gasteiger partial charge in [0, 0.05) is 12.7 Å². The summed E-state index contributed by atoms with van der Waals surface area (Å²) < 4.78 is 0.968. The molecule has 102 valence electrons. The molecule has 20 heavy (non-hydrogen) atoms. The molecule has 1 aromatic heterocycles. The quantitative estimate of drug-likeness (QED) is 0.629. The summed E-state index contributed by atoms with van der Waals surface area (Å²) in [6, 6.07) is 11.7. The number of aromatic nitrogens is 1. The van der Waals surface area contributed by atoms with E-state index in [1.54, 1.807) is 0 Å². The van der Waals surface area contributed by atoms with E-state index in [0.717, 1.165) is 20.4 Å². The fourth-order valence-electron chi connectivity index (χ4n) is 1.60. The van der Waals surface area contributed by atoms with E-state index in [1.165, 1.54) is 0 Å². The number of pyridine rings is 1. The van der Waals surface area contributed by atoms with Crippen molar-refractivity contribution in [3.05, 3.63) is 63.0 Å². The van der Waals surface area contributed by atoms with Gasteiger partial charge in [-0.1, -0.05) is 42.5 Å². The average molecular weight is 380 g/mol. The van der Waals surface area contributed by atoms with E-state index in [2.05, 4.69) is 32.9 Å². The number of rotatable bonds is 4. The number of hydrogen-bond acceptors (Lipinski definition) is 2. The minimum absolute atomic E-state index is 0.320. The molecule has 2 N–H and O–H groups in total. The maximum atomic E-state index is 10.4. The lowest BCUT2D eigenvalue weighted by Gasteiger charge is -2.01. The lowest BCUT2D eigenvalue weighted by Crippen LogP contribution is -2.19. The Balaban J connectivity index is 1.99. The van der Waals surface area contributed by atoms with E-state index in [1.807, 2.05) is 54.7 Å². The van der Waals surface area contributed by atoms with Crippen LogP contribution < -0.4 is 5.32 Å². The predicted octanol–water partition coefficient (Wildman–Crippen LogP) is 3.62. The van der Waals surface area contributed by atoms with E-state index in [4.69, 9.17) is 5.11 Å². The molecule has 0 aliphatic rings. The van der Waals surface area contributed by atoms with Crippen LogP contribution in [0.15, 0.2) is 42.6 Å². The fourth-order valence-corrected chi connectivity index (χ4v) is 1.92. The molecule has 0 bridgehead atoms. The van der Waals surface area contributed by atoms with Gasteiger partial charge in [0.25, 0.3) is 0 Å². The average Bonchev–Trinajstić information content (AvgIpc) is 2.45. The monoisotopic (exact) mass is 380 g/mol. The summed E-state index contributed by atoms with van der Waals surface area (Å²) in [4.78, 5) is 14.6. The molecule has 0 aliphatic carbocycles. The summed E-state index contributed by atoms with van der Waals surface area (Å²) in [6.07, 6.45) is 4.80. The molecule has 1 amide bonds. The Morgan fingerprint density at radius 1 is 1.15 bits per heavy atom. The van der Waals surface area contributed by atoms with Crippen LogP contribution in [0.25, 0.3) is 12.2 Å². The maximum absolute atomic E-state index is 10.4. The first-order valence-corrected chi connectivity index (χ1v) is 7.07. The van der Waals surface area contributed by atoms with Gasteiger partial charge in [-0.25, -0.2) is 9.78 Å². The third kappa shape index (κ3) is 4.65. The van der Waals surface area contributed by atoms with Crippen molar-refractivity contribution < 1.29 is 9.90 Å². The third-order valence-electron chi connectivity index (χ3n) is 2.64. The van der Waals surface area contributed by atoms with Crippen molar-refractivity contribution in [1.29, 1.82) is 0 Å². The first-order chi connectivity index (χ1) is 9.63. The summed E-state index contributed by atoms with van der Waals surface area (Å²) in [6.45, 7) is 0.320. The molecule has 1 aromatic carbocycles. The Morgan fingerprint density at radius 3 is 2.40 bits per heavy atom. The van der Waals surface area contributed by atoms with Crippen molar-refractivity contribution in [2.45, 2.75) is 6.54 Å². The van der Waals surface area contributed by atoms with Crippen molar-refractivity contribution >= 4 is 40.8 Å². The van der Waals surface area contributed by atoms with Crippen LogP contribution in [0, 0.1) is 3.70 Å². The van der Waals surface area contributed by atoms with Gasteiger partial charge in [-0.05, 0) is 45.3 Å². The Kier molecular flexibility index (Phi) is 5.11. The zero-order valence-electron chi connectivity index (χ0n) is 10.6. The zero-order valence-corrected chi connectivity index (χ0v) is 12.7. The highest BCUT2D eigenvalue weighted by atomic mass is 127. The number of amides is 1. The molecule has 0 aliphatic heterocycles. The van der Waals surface area contributed by atoms with Crippen LogP contribution in [0.3, 0.4) is 0 Å². The number of carboxylic acid groups (broad SMARTS) is 1. The molecular formula is C15H13IN2O2. The van der Waals surface area contributed by atoms with Crippen molar-refractivity contribution in [1.82, 2.24) is 10.3 Å². The molecule has 0 spiro atoms. The molecule has 0 saturated carbocycles. The van der Waals surface area contributed by atoms with Crippen LogP contribution in [0.4, 0.5) is 4.79 Å². The molecule has 0 fully saturated rings. The molecule has 5 heteroatoms. The molecule has 2 rings (SSSR count). The van der Waals surface area contributed by atoms with Crippen LogP contribution >= 0.6 is 22.6 Å². The number of carbonyl (C=O) groups is 1. The number of hydrogen-bond donors (Lipinski definition) is 2. The van der Waals surface area contributed by atoms with Crippen LogP contribution in [-0.2, 0) is 6.54 Å². The van der Waals surface area contributed by atoms with Gasteiger partial charge >= 0.3 is 6.09 Å². The first-order valence-electron chi connectivity index (χ1n) is 5.99. The molecular weight excluding hydrogens is 367 g/mol. The standard InChI is InChI=1S/C15H13IN2O2/c16-14-8-7-13(9-17-14)6-3-11-1-4-12(5-2-11)10-18-15(19)20/h1-9,18H,10H2,(H,19,20). The summed E-state index contributed by atoms with van der Waals surface area (Å²) in [5, 5.41) is 10.9. The minimum Gasteiger partial charge on any atom is -0.465 e. The van der Waals surface area contributed by atoms with Gasteiger partial charge in [0.2, 0.25) is 0 Å². The van der Waals surface area contributed by atoms with Gasteiger partial charge in [0.1, 0.15) is 3.70 Å². The van der Waals surface area contributed by atoms with Gasteiger partial charge in [-0.3, -0.25) is 0 Å². The highest BCUT2D eigenvalue weighted by Crippen LogP contribution is 2.10. The second kappa shape index (κ2) is 7.04. The van der Waals surface area contributed by atoms with Gasteiger partial charge in [0.05, 0.1) is 0 Å². The highest BCUT2D eigenvalue weighted by Gasteiger charge is 1.96. The zero-order chi connectivity index (χ0) is 14.4. The Bertz CT molecular complexity index is 607. The lowest BCUT2D eigenvalue weighted by atomic mass is 10.1. The van der Waals surface area contributed by atoms with Crippen LogP contribution in [0.1, 0.15) is 16.7 Å². The van der Waals surface area contributed by atoms with E-state index in [9.17, 15) is 4.79 Å². The predicted molar refractivity (Wildman–Crippen MR) is 87.2 cm³/mol. The van der Waals surface area contributed by atoms with Gasteiger partial charge in [-0.2, -0.15) is 0 Å². The number of halogens is 1. The Hall–Kier alpha value is -1.89. The SMILES string of the molecule is O=C(O)NCc1ccc(C=Cc2ccc(I)nc2)cc1. The second-order valence-corrected chi connectivity index (χ2v) is 5.25. The molecule has 2 aromatic rings. The highest BCUT2D eigenvalue weighted by molar-refractivity contribution is 14.1. The normalized spacial score (nSPS) is 10.7. The topological polar surface area (TPSA) is 62.2 Å². The smallest absolute Gasteiger partial charge is 0.404 e. The maximum Gasteiger partial charge on any atom is 0.404 e. The number of nitrogens with one attached hydrogen (secondary N) is 1. The largest absolute Gasteiger partial charge is 0.465 e. The summed E-state index contributed by atoms with van der Waals surface area (Å²) >= 11 is 2.17. The molecule has 0 saturated heterocycles. The van der Waals surface area contributed by atoms with Gasteiger partial charge < -0.3 is 10.4 Å². The molecule has 0 atom stereocenters. The van der Waals surface area contributed by atoms with Crippen LogP contribution in [0.5, 0.6) is 0 Å². The summed E-state index contributed by atoms with van der Waals surface area (Å²) in [7, 11) is 0. The van der Waals surface area contributed by atoms with Gasteiger partial charge in [-0.15, -0.1) is 0 Å². The second-order valence-electron chi connectivity index (χ2n) is 4.15. The van der Waals surface area contributed by atoms with Crippen molar-refractivity contribution in [2.24, 2.45) is 0 Å². The van der Waals surface area contributed by atoms with E-state index in [0.29, 0.717) is 6.54 Å². The van der Waals surface area contributed by atoms with E-state index < -0.39 is 6.09 Å². The Labute approximate surface area is 130 Å². The van der Waals surface area contributed by atoms with Crippen molar-refractivity contribution in [2.75, 3.05) is 0 Å². The lowest BCUT2D eigenvalue weighted by molar-refractivity contribution is 0.194. The third-order valence-corrected chi connectivity index (χ3v) is 3.28. The molecule has 0 radical (unpaired) electrons. The van der Waals surface area contributed by atoms with Crippen LogP contribution in [-0.4, -0.2) is 16.2 Å². The molecule has 1 heterocycles. The minimum atomic E-state index is -1.01. The summed E-state index contributed by atoms with van der Waals surface area (Å²) in [5.41, 5.74) is 3.03. The van der Waals surface area contributed by atoms with E-state index >= 15 is 0 Å². The fraction of sp³-hybridized carbons (Fsp3) is 0.0667. The van der Waals surface area contributed by atoms with E-state index in [-0.39, 0.29) is 0 Å². The summed E-state index contributed by atoms with van der Waals surface area (Å²) in [5.74, 6) is 0. The molecule has 4 nitrogen and oxygen atoms in total. The molecule has 0 unspecified atom stereocenters. The van der Waals surface area contributed by atoms with Gasteiger partial charge in [0.15, 0.2) is 0 Å².